The number of hydrogen-bond acceptors (Lipinski definition) is 4. The first-order chi connectivity index (χ1) is 12.1. The largest absolute Gasteiger partial charge is 0.496 e. The first kappa shape index (κ1) is 17.2. The van der Waals surface area contributed by atoms with Crippen LogP contribution < -0.4 is 14.2 Å². The lowest BCUT2D eigenvalue weighted by molar-refractivity contribution is -0.125. The molecule has 1 heterocycles. The zero-order chi connectivity index (χ0) is 17.8. The molecule has 0 aliphatic carbocycles. The lowest BCUT2D eigenvalue weighted by Gasteiger charge is -2.17. The Morgan fingerprint density at radius 3 is 2.84 bits per heavy atom. The highest BCUT2D eigenvalue weighted by Gasteiger charge is 2.13. The molecular weight excluding hydrogens is 342 g/mol. The predicted molar refractivity (Wildman–Crippen MR) is 96.1 cm³/mol. The maximum absolute atomic E-state index is 12.3. The molecule has 0 radical (unpaired) electrons. The van der Waals surface area contributed by atoms with Crippen LogP contribution in [0.4, 0.5) is 0 Å². The fraction of sp³-hybridized carbons (Fsp3) is 0.211. The van der Waals surface area contributed by atoms with E-state index < -0.39 is 0 Å². The van der Waals surface area contributed by atoms with Crippen molar-refractivity contribution in [2.24, 2.45) is 0 Å². The van der Waals surface area contributed by atoms with Crippen LogP contribution in [-0.4, -0.2) is 31.8 Å². The van der Waals surface area contributed by atoms with E-state index in [-0.39, 0.29) is 12.7 Å². The van der Waals surface area contributed by atoms with Gasteiger partial charge in [0.05, 0.1) is 7.11 Å². The molecule has 0 unspecified atom stereocenters. The Bertz CT molecular complexity index is 819. The number of nitrogens with zero attached hydrogens (tertiary/aromatic N) is 1. The molecule has 0 fully saturated rings. The minimum atomic E-state index is -0.125. The molecule has 0 atom stereocenters. The van der Waals surface area contributed by atoms with Gasteiger partial charge in [0, 0.05) is 30.3 Å². The fourth-order valence-electron chi connectivity index (χ4n) is 2.52. The molecule has 1 aliphatic rings. The van der Waals surface area contributed by atoms with E-state index >= 15 is 0 Å². The summed E-state index contributed by atoms with van der Waals surface area (Å²) in [4.78, 5) is 13.9. The summed E-state index contributed by atoms with van der Waals surface area (Å²) in [6.45, 7) is 0.625. The molecule has 0 spiro atoms. The summed E-state index contributed by atoms with van der Waals surface area (Å²) in [6, 6.07) is 10.9. The van der Waals surface area contributed by atoms with Crippen molar-refractivity contribution in [3.05, 3.63) is 58.6 Å². The first-order valence-electron chi connectivity index (χ1n) is 7.72. The highest BCUT2D eigenvalue weighted by molar-refractivity contribution is 6.30. The minimum absolute atomic E-state index is 0.125. The summed E-state index contributed by atoms with van der Waals surface area (Å²) in [7, 11) is 3.32. The zero-order valence-electron chi connectivity index (χ0n) is 14.0. The topological polar surface area (TPSA) is 48.0 Å². The Morgan fingerprint density at radius 2 is 2.04 bits per heavy atom. The quantitative estimate of drug-likeness (QED) is 0.763. The molecule has 0 bridgehead atoms. The maximum atomic E-state index is 12.3. The average Bonchev–Trinajstić information content (AvgIpc) is 3.07. The van der Waals surface area contributed by atoms with E-state index in [4.69, 9.17) is 25.8 Å². The van der Waals surface area contributed by atoms with E-state index in [1.165, 1.54) is 6.08 Å². The molecule has 0 aromatic heterocycles. The molecule has 2 aromatic rings. The van der Waals surface area contributed by atoms with Crippen LogP contribution in [0, 0.1) is 0 Å². The van der Waals surface area contributed by atoms with Gasteiger partial charge in [-0.05, 0) is 42.0 Å². The summed E-state index contributed by atoms with van der Waals surface area (Å²) in [5, 5.41) is 0.604. The Balaban J connectivity index is 1.67. The number of halogens is 1. The van der Waals surface area contributed by atoms with Gasteiger partial charge in [0.25, 0.3) is 0 Å². The van der Waals surface area contributed by atoms with E-state index in [1.54, 1.807) is 43.3 Å². The Labute approximate surface area is 151 Å². The number of ether oxygens (including phenoxy) is 3. The molecule has 0 saturated carbocycles. The van der Waals surface area contributed by atoms with Crippen molar-refractivity contribution in [1.82, 2.24) is 4.90 Å². The number of amides is 1. The molecule has 6 heteroatoms. The lowest BCUT2D eigenvalue weighted by Crippen LogP contribution is -2.24. The summed E-state index contributed by atoms with van der Waals surface area (Å²) < 4.78 is 15.9. The van der Waals surface area contributed by atoms with Crippen molar-refractivity contribution in [1.29, 1.82) is 0 Å². The number of fused-ring (bicyclic) bond motifs is 1. The van der Waals surface area contributed by atoms with Crippen LogP contribution >= 0.6 is 11.6 Å². The molecule has 3 rings (SSSR count). The first-order valence-corrected chi connectivity index (χ1v) is 8.10. The number of carbonyl (C=O) groups excluding carboxylic acids is 1. The van der Waals surface area contributed by atoms with E-state index in [9.17, 15) is 4.79 Å². The van der Waals surface area contributed by atoms with Crippen molar-refractivity contribution >= 4 is 23.6 Å². The number of likely N-dealkylation sites (N-methyl/N-ethyl adjacent to an activating group) is 1. The van der Waals surface area contributed by atoms with Crippen LogP contribution in [0.5, 0.6) is 17.2 Å². The van der Waals surface area contributed by atoms with Gasteiger partial charge in [-0.2, -0.15) is 0 Å². The summed E-state index contributed by atoms with van der Waals surface area (Å²) in [6.07, 6.45) is 3.27. The van der Waals surface area contributed by atoms with Gasteiger partial charge in [0.2, 0.25) is 12.7 Å². The normalized spacial score (nSPS) is 12.4. The highest BCUT2D eigenvalue weighted by Crippen LogP contribution is 2.32. The number of benzene rings is 2. The number of rotatable bonds is 5. The van der Waals surface area contributed by atoms with Crippen molar-refractivity contribution < 1.29 is 19.0 Å². The van der Waals surface area contributed by atoms with Crippen LogP contribution in [0.1, 0.15) is 11.1 Å². The Hall–Kier alpha value is -2.66. The fourth-order valence-corrected chi connectivity index (χ4v) is 2.71. The van der Waals surface area contributed by atoms with Crippen molar-refractivity contribution in [3.63, 3.8) is 0 Å². The second kappa shape index (κ2) is 7.49. The van der Waals surface area contributed by atoms with Gasteiger partial charge in [0.1, 0.15) is 5.75 Å². The second-order valence-electron chi connectivity index (χ2n) is 5.60. The molecule has 130 valence electrons. The number of hydrogen-bond donors (Lipinski definition) is 0. The van der Waals surface area contributed by atoms with Gasteiger partial charge in [-0.1, -0.05) is 17.7 Å². The van der Waals surface area contributed by atoms with Crippen molar-refractivity contribution in [2.45, 2.75) is 6.54 Å². The summed E-state index contributed by atoms with van der Waals surface area (Å²) in [5.41, 5.74) is 1.72. The minimum Gasteiger partial charge on any atom is -0.496 e. The van der Waals surface area contributed by atoms with Gasteiger partial charge in [-0.3, -0.25) is 4.79 Å². The van der Waals surface area contributed by atoms with Crippen LogP contribution in [0.15, 0.2) is 42.5 Å². The van der Waals surface area contributed by atoms with Gasteiger partial charge in [0.15, 0.2) is 11.5 Å². The maximum Gasteiger partial charge on any atom is 0.246 e. The SMILES string of the molecule is COc1ccc(Cl)cc1CN(C)C(=O)/C=C/c1ccc2c(c1)OCO2. The van der Waals surface area contributed by atoms with E-state index in [0.717, 1.165) is 11.1 Å². The number of methoxy groups -OCH3 is 1. The predicted octanol–water partition coefficient (Wildman–Crippen LogP) is 3.75. The third-order valence-electron chi connectivity index (χ3n) is 3.84. The number of carbonyl (C=O) groups is 1. The van der Waals surface area contributed by atoms with Gasteiger partial charge in [-0.15, -0.1) is 0 Å². The molecule has 2 aromatic carbocycles. The second-order valence-corrected chi connectivity index (χ2v) is 6.03. The molecule has 25 heavy (non-hydrogen) atoms. The van der Waals surface area contributed by atoms with Crippen LogP contribution in [0.2, 0.25) is 5.02 Å². The standard InChI is InChI=1S/C19H18ClNO4/c1-21(11-14-10-15(20)5-7-16(14)23-2)19(22)8-4-13-3-6-17-18(9-13)25-12-24-17/h3-10H,11-12H2,1-2H3/b8-4+. The zero-order valence-corrected chi connectivity index (χ0v) is 14.7. The van der Waals surface area contributed by atoms with Gasteiger partial charge >= 0.3 is 0 Å². The smallest absolute Gasteiger partial charge is 0.246 e. The average molecular weight is 360 g/mol. The van der Waals surface area contributed by atoms with Gasteiger partial charge < -0.3 is 19.1 Å². The molecule has 1 aliphatic heterocycles. The van der Waals surface area contributed by atoms with E-state index in [2.05, 4.69) is 0 Å². The molecule has 5 nitrogen and oxygen atoms in total. The molecule has 0 saturated heterocycles. The molecular formula is C19H18ClNO4. The van der Waals surface area contributed by atoms with Crippen LogP contribution in [0.25, 0.3) is 6.08 Å². The lowest BCUT2D eigenvalue weighted by atomic mass is 10.1. The molecule has 1 amide bonds. The van der Waals surface area contributed by atoms with Crippen molar-refractivity contribution in [3.8, 4) is 17.2 Å². The summed E-state index contributed by atoms with van der Waals surface area (Å²) >= 11 is 6.03. The Morgan fingerprint density at radius 1 is 1.24 bits per heavy atom. The summed E-state index contributed by atoms with van der Waals surface area (Å²) in [5.74, 6) is 1.98. The van der Waals surface area contributed by atoms with E-state index in [0.29, 0.717) is 28.8 Å². The molecule has 0 N–H and O–H groups in total. The van der Waals surface area contributed by atoms with Gasteiger partial charge in [-0.25, -0.2) is 0 Å². The third kappa shape index (κ3) is 4.06. The van der Waals surface area contributed by atoms with E-state index in [1.807, 2.05) is 18.2 Å². The third-order valence-corrected chi connectivity index (χ3v) is 4.08. The van der Waals surface area contributed by atoms with Crippen LogP contribution in [-0.2, 0) is 11.3 Å². The monoisotopic (exact) mass is 359 g/mol. The highest BCUT2D eigenvalue weighted by atomic mass is 35.5. The van der Waals surface area contributed by atoms with Crippen LogP contribution in [0.3, 0.4) is 0 Å². The van der Waals surface area contributed by atoms with Crippen molar-refractivity contribution in [2.75, 3.05) is 21.0 Å². The Kier molecular flexibility index (Phi) is 5.14.